The van der Waals surface area contributed by atoms with E-state index in [2.05, 4.69) is 102 Å². The van der Waals surface area contributed by atoms with Crippen LogP contribution in [-0.4, -0.2) is 9.97 Å². The quantitative estimate of drug-likeness (QED) is 0.237. The first-order chi connectivity index (χ1) is 17.8. The lowest BCUT2D eigenvalue weighted by molar-refractivity contribution is 1.11. The monoisotopic (exact) mass is 498 g/mol. The van der Waals surface area contributed by atoms with Crippen molar-refractivity contribution in [1.82, 2.24) is 9.97 Å². The zero-order valence-corrected chi connectivity index (χ0v) is 21.2. The summed E-state index contributed by atoms with van der Waals surface area (Å²) in [6.07, 6.45) is 1.78. The van der Waals surface area contributed by atoms with Gasteiger partial charge in [0.1, 0.15) is 10.0 Å². The summed E-state index contributed by atoms with van der Waals surface area (Å²) < 4.78 is 0. The lowest BCUT2D eigenvalue weighted by atomic mass is 10.0. The Morgan fingerprint density at radius 3 is 1.89 bits per heavy atom. The first-order valence-corrected chi connectivity index (χ1v) is 13.8. The fraction of sp³-hybridized carbons (Fsp3) is 0.0625. The second kappa shape index (κ2) is 8.98. The summed E-state index contributed by atoms with van der Waals surface area (Å²) in [6.45, 7) is 0. The van der Waals surface area contributed by atoms with E-state index in [1.54, 1.807) is 22.7 Å². The van der Waals surface area contributed by atoms with Gasteiger partial charge in [0.15, 0.2) is 0 Å². The van der Waals surface area contributed by atoms with Crippen LogP contribution >= 0.6 is 22.7 Å². The third-order valence-electron chi connectivity index (χ3n) is 6.78. The van der Waals surface area contributed by atoms with E-state index in [-0.39, 0.29) is 0 Å². The summed E-state index contributed by atoms with van der Waals surface area (Å²) in [5, 5.41) is 6.53. The molecule has 172 valence electrons. The first-order valence-electron chi connectivity index (χ1n) is 12.1. The zero-order chi connectivity index (χ0) is 23.9. The van der Waals surface area contributed by atoms with E-state index in [0.717, 1.165) is 39.8 Å². The van der Waals surface area contributed by atoms with Crippen LogP contribution in [-0.2, 0) is 12.8 Å². The average Bonchev–Trinajstić information content (AvgIpc) is 3.68. The molecule has 0 N–H and O–H groups in total. The Morgan fingerprint density at radius 2 is 1.11 bits per heavy atom. The Bertz CT molecular complexity index is 1680. The lowest BCUT2D eigenvalue weighted by Crippen LogP contribution is -1.88. The smallest absolute Gasteiger partial charge is 0.100 e. The predicted molar refractivity (Wildman–Crippen MR) is 152 cm³/mol. The minimum atomic E-state index is 0.772. The van der Waals surface area contributed by atoms with E-state index in [1.807, 2.05) is 6.07 Å². The van der Waals surface area contributed by atoms with Gasteiger partial charge in [-0.3, -0.25) is 0 Å². The van der Waals surface area contributed by atoms with Gasteiger partial charge in [0.25, 0.3) is 0 Å². The molecule has 0 atom stereocenters. The fourth-order valence-corrected chi connectivity index (χ4v) is 6.65. The first kappa shape index (κ1) is 21.4. The number of aromatic nitrogens is 2. The third-order valence-corrected chi connectivity index (χ3v) is 8.48. The van der Waals surface area contributed by atoms with Gasteiger partial charge in [0, 0.05) is 21.9 Å². The Hall–Kier alpha value is -3.86. The molecule has 4 aromatic carbocycles. The maximum absolute atomic E-state index is 4.96. The molecule has 0 amide bonds. The molecular formula is C32H22N2S2. The Morgan fingerprint density at radius 1 is 0.528 bits per heavy atom. The number of thiazole rings is 2. The molecule has 0 radical (unpaired) electrons. The maximum atomic E-state index is 4.96. The number of hydrogen-bond acceptors (Lipinski definition) is 4. The van der Waals surface area contributed by atoms with Gasteiger partial charge in [-0.25, -0.2) is 9.97 Å². The summed E-state index contributed by atoms with van der Waals surface area (Å²) in [5.74, 6) is 0. The van der Waals surface area contributed by atoms with Crippen molar-refractivity contribution in [2.45, 2.75) is 12.8 Å². The van der Waals surface area contributed by atoms with Crippen LogP contribution in [0.4, 0.5) is 0 Å². The van der Waals surface area contributed by atoms with E-state index >= 15 is 0 Å². The molecule has 7 rings (SSSR count). The van der Waals surface area contributed by atoms with Gasteiger partial charge < -0.3 is 0 Å². The molecule has 1 aliphatic carbocycles. The van der Waals surface area contributed by atoms with Gasteiger partial charge in [0.05, 0.1) is 17.8 Å². The number of fused-ring (bicyclic) bond motifs is 3. The molecule has 2 aromatic heterocycles. The van der Waals surface area contributed by atoms with Gasteiger partial charge in [-0.1, -0.05) is 91.0 Å². The highest BCUT2D eigenvalue weighted by Gasteiger charge is 2.19. The fourth-order valence-electron chi connectivity index (χ4n) is 4.95. The standard InChI is InChI=1S/C32H22N2S2/c1-2-6-21(7-3-1)22-10-12-23(13-11-22)29-19-35-31(33-29)18-32-34-30(20-36-32)25-14-15-28-26(17-25)16-24-8-4-5-9-27(24)28/h1-15,17,19-20H,16,18H2. The van der Waals surface area contributed by atoms with Gasteiger partial charge in [-0.05, 0) is 45.9 Å². The Balaban J connectivity index is 1.07. The molecule has 4 heteroatoms. The van der Waals surface area contributed by atoms with Crippen LogP contribution < -0.4 is 0 Å². The van der Waals surface area contributed by atoms with Gasteiger partial charge in [-0.2, -0.15) is 0 Å². The largest absolute Gasteiger partial charge is 0.241 e. The summed E-state index contributed by atoms with van der Waals surface area (Å²) >= 11 is 3.43. The van der Waals surface area contributed by atoms with E-state index in [9.17, 15) is 0 Å². The van der Waals surface area contributed by atoms with Gasteiger partial charge in [-0.15, -0.1) is 22.7 Å². The molecule has 0 saturated heterocycles. The average molecular weight is 499 g/mol. The minimum absolute atomic E-state index is 0.772. The SMILES string of the molecule is c1ccc(-c2ccc(-c3csc(Cc4nc(-c5ccc6c(c5)Cc5ccccc5-6)cs4)n3)cc2)cc1. The number of benzene rings is 4. The molecule has 2 nitrogen and oxygen atoms in total. The van der Waals surface area contributed by atoms with Crippen molar-refractivity contribution in [3.05, 3.63) is 129 Å². The summed E-state index contributed by atoms with van der Waals surface area (Å²) in [6, 6.07) is 34.6. The molecule has 6 aromatic rings. The molecule has 0 fully saturated rings. The van der Waals surface area contributed by atoms with E-state index in [0.29, 0.717) is 0 Å². The maximum Gasteiger partial charge on any atom is 0.100 e. The topological polar surface area (TPSA) is 25.8 Å². The molecule has 36 heavy (non-hydrogen) atoms. The van der Waals surface area contributed by atoms with E-state index in [4.69, 9.17) is 9.97 Å². The van der Waals surface area contributed by atoms with E-state index < -0.39 is 0 Å². The van der Waals surface area contributed by atoms with E-state index in [1.165, 1.54) is 38.9 Å². The predicted octanol–water partition coefficient (Wildman–Crippen LogP) is 8.76. The highest BCUT2D eigenvalue weighted by molar-refractivity contribution is 7.11. The van der Waals surface area contributed by atoms with Crippen LogP contribution in [0.25, 0.3) is 44.8 Å². The second-order valence-electron chi connectivity index (χ2n) is 9.08. The van der Waals surface area contributed by atoms with Crippen LogP contribution in [0.1, 0.15) is 21.1 Å². The summed E-state index contributed by atoms with van der Waals surface area (Å²) in [4.78, 5) is 9.88. The van der Waals surface area contributed by atoms with Crippen LogP contribution in [0, 0.1) is 0 Å². The van der Waals surface area contributed by atoms with Crippen LogP contribution in [0.15, 0.2) is 108 Å². The zero-order valence-electron chi connectivity index (χ0n) is 19.5. The lowest BCUT2D eigenvalue weighted by Gasteiger charge is -2.03. The van der Waals surface area contributed by atoms with Crippen molar-refractivity contribution in [2.75, 3.05) is 0 Å². The highest BCUT2D eigenvalue weighted by Crippen LogP contribution is 2.38. The number of hydrogen-bond donors (Lipinski definition) is 0. The normalized spacial score (nSPS) is 11.9. The van der Waals surface area contributed by atoms with Gasteiger partial charge in [0.2, 0.25) is 0 Å². The summed E-state index contributed by atoms with van der Waals surface area (Å²) in [7, 11) is 0. The number of rotatable bonds is 5. The second-order valence-corrected chi connectivity index (χ2v) is 11.0. The van der Waals surface area contributed by atoms with Crippen LogP contribution in [0.2, 0.25) is 0 Å². The van der Waals surface area contributed by atoms with Crippen molar-refractivity contribution in [2.24, 2.45) is 0 Å². The minimum Gasteiger partial charge on any atom is -0.241 e. The van der Waals surface area contributed by atoms with Crippen LogP contribution in [0.5, 0.6) is 0 Å². The van der Waals surface area contributed by atoms with Crippen molar-refractivity contribution in [3.63, 3.8) is 0 Å². The summed E-state index contributed by atoms with van der Waals surface area (Å²) in [5.41, 5.74) is 12.4. The van der Waals surface area contributed by atoms with Crippen molar-refractivity contribution in [1.29, 1.82) is 0 Å². The Kier molecular flexibility index (Phi) is 5.34. The Labute approximate surface area is 218 Å². The highest BCUT2D eigenvalue weighted by atomic mass is 32.1. The molecule has 0 unspecified atom stereocenters. The van der Waals surface area contributed by atoms with Gasteiger partial charge >= 0.3 is 0 Å². The third kappa shape index (κ3) is 3.98. The van der Waals surface area contributed by atoms with Crippen molar-refractivity contribution < 1.29 is 0 Å². The van der Waals surface area contributed by atoms with Crippen molar-refractivity contribution >= 4 is 22.7 Å². The van der Waals surface area contributed by atoms with Crippen molar-refractivity contribution in [3.8, 4) is 44.8 Å². The molecule has 1 aliphatic rings. The molecule has 0 bridgehead atoms. The molecule has 0 aliphatic heterocycles. The molecule has 0 saturated carbocycles. The molecule has 0 spiro atoms. The van der Waals surface area contributed by atoms with Crippen LogP contribution in [0.3, 0.4) is 0 Å². The number of nitrogens with zero attached hydrogens (tertiary/aromatic N) is 2. The molecule has 2 heterocycles. The molecular weight excluding hydrogens is 477 g/mol.